The maximum atomic E-state index is 12.6. The summed E-state index contributed by atoms with van der Waals surface area (Å²) in [6, 6.07) is 9.75. The highest BCUT2D eigenvalue weighted by Crippen LogP contribution is 2.24. The van der Waals surface area contributed by atoms with Gasteiger partial charge in [0.1, 0.15) is 17.3 Å². The Labute approximate surface area is 161 Å². The van der Waals surface area contributed by atoms with Crippen LogP contribution in [0.3, 0.4) is 0 Å². The molecule has 1 aromatic heterocycles. The maximum absolute atomic E-state index is 12.6. The van der Waals surface area contributed by atoms with Gasteiger partial charge in [0, 0.05) is 37.1 Å². The fourth-order valence-corrected chi connectivity index (χ4v) is 3.25. The lowest BCUT2D eigenvalue weighted by molar-refractivity contribution is 0.102. The normalized spacial score (nSPS) is 14.9. The molecule has 3 rings (SSSR count). The van der Waals surface area contributed by atoms with E-state index in [0.29, 0.717) is 17.3 Å². The minimum Gasteiger partial charge on any atom is -0.372 e. The molecule has 1 fully saturated rings. The molecule has 6 heteroatoms. The molecule has 1 amide bonds. The number of benzene rings is 1. The maximum Gasteiger partial charge on any atom is 0.274 e. The number of aromatic nitrogens is 2. The molecule has 0 unspecified atom stereocenters. The first kappa shape index (κ1) is 19.1. The zero-order valence-corrected chi connectivity index (χ0v) is 16.5. The van der Waals surface area contributed by atoms with Gasteiger partial charge in [-0.25, -0.2) is 9.97 Å². The second kappa shape index (κ2) is 8.84. The summed E-state index contributed by atoms with van der Waals surface area (Å²) in [5.74, 6) is 1.85. The van der Waals surface area contributed by atoms with Gasteiger partial charge in [-0.2, -0.15) is 0 Å². The smallest absolute Gasteiger partial charge is 0.274 e. The van der Waals surface area contributed by atoms with Gasteiger partial charge in [0.2, 0.25) is 0 Å². The van der Waals surface area contributed by atoms with Crippen LogP contribution in [0.1, 0.15) is 49.4 Å². The van der Waals surface area contributed by atoms with Gasteiger partial charge in [0.15, 0.2) is 0 Å². The highest BCUT2D eigenvalue weighted by atomic mass is 16.1. The lowest BCUT2D eigenvalue weighted by Gasteiger charge is -2.32. The fraction of sp³-hybridized carbons (Fsp3) is 0.476. The average Bonchev–Trinajstić information content (AvgIpc) is 2.67. The van der Waals surface area contributed by atoms with Crippen molar-refractivity contribution in [3.63, 3.8) is 0 Å². The Morgan fingerprint density at radius 2 is 1.89 bits per heavy atom. The first-order valence-electron chi connectivity index (χ1n) is 9.81. The molecule has 1 saturated heterocycles. The van der Waals surface area contributed by atoms with E-state index < -0.39 is 0 Å². The van der Waals surface area contributed by atoms with Crippen LogP contribution in [0, 0.1) is 12.8 Å². The highest BCUT2D eigenvalue weighted by Gasteiger charge is 2.16. The Bertz CT molecular complexity index is 767. The van der Waals surface area contributed by atoms with Crippen molar-refractivity contribution in [3.05, 3.63) is 41.9 Å². The van der Waals surface area contributed by atoms with Crippen molar-refractivity contribution < 1.29 is 4.79 Å². The van der Waals surface area contributed by atoms with E-state index in [1.807, 2.05) is 12.1 Å². The van der Waals surface area contributed by atoms with Crippen LogP contribution in [-0.2, 0) is 0 Å². The van der Waals surface area contributed by atoms with Crippen molar-refractivity contribution in [3.8, 4) is 0 Å². The van der Waals surface area contributed by atoms with E-state index in [1.165, 1.54) is 18.5 Å². The molecule has 0 atom stereocenters. The van der Waals surface area contributed by atoms with Gasteiger partial charge in [0.05, 0.1) is 0 Å². The molecule has 2 heterocycles. The van der Waals surface area contributed by atoms with Crippen LogP contribution in [0.25, 0.3) is 0 Å². The van der Waals surface area contributed by atoms with Crippen molar-refractivity contribution in [2.75, 3.05) is 35.2 Å². The van der Waals surface area contributed by atoms with Gasteiger partial charge in [-0.1, -0.05) is 13.8 Å². The minimum atomic E-state index is -0.223. The number of hydrogen-bond donors (Lipinski definition) is 2. The van der Waals surface area contributed by atoms with Crippen LogP contribution in [-0.4, -0.2) is 35.5 Å². The molecule has 0 spiro atoms. The van der Waals surface area contributed by atoms with Gasteiger partial charge in [-0.15, -0.1) is 0 Å². The Morgan fingerprint density at radius 3 is 2.56 bits per heavy atom. The van der Waals surface area contributed by atoms with E-state index >= 15 is 0 Å². The van der Waals surface area contributed by atoms with Gasteiger partial charge < -0.3 is 15.5 Å². The predicted molar refractivity (Wildman–Crippen MR) is 111 cm³/mol. The number of anilines is 3. The van der Waals surface area contributed by atoms with Crippen LogP contribution < -0.4 is 15.5 Å². The largest absolute Gasteiger partial charge is 0.372 e. The van der Waals surface area contributed by atoms with Crippen molar-refractivity contribution in [1.29, 1.82) is 0 Å². The summed E-state index contributed by atoms with van der Waals surface area (Å²) in [5, 5.41) is 6.13. The quantitative estimate of drug-likeness (QED) is 0.804. The molecule has 1 aliphatic heterocycles. The summed E-state index contributed by atoms with van der Waals surface area (Å²) < 4.78 is 0. The van der Waals surface area contributed by atoms with Crippen LogP contribution in [0.2, 0.25) is 0 Å². The van der Waals surface area contributed by atoms with Crippen molar-refractivity contribution in [2.24, 2.45) is 5.92 Å². The third-order valence-corrected chi connectivity index (χ3v) is 4.90. The van der Waals surface area contributed by atoms with Crippen LogP contribution in [0.4, 0.5) is 17.2 Å². The molecule has 6 nitrogen and oxygen atoms in total. The summed E-state index contributed by atoms with van der Waals surface area (Å²) in [5.41, 5.74) is 2.35. The molecule has 1 aromatic carbocycles. The Balaban J connectivity index is 1.65. The zero-order chi connectivity index (χ0) is 19.2. The Morgan fingerprint density at radius 1 is 1.19 bits per heavy atom. The second-order valence-electron chi connectivity index (χ2n) is 7.28. The molecule has 1 aliphatic rings. The molecular formula is C21H29N5O. The molecule has 2 aromatic rings. The van der Waals surface area contributed by atoms with Gasteiger partial charge in [-0.05, 0) is 56.4 Å². The lowest BCUT2D eigenvalue weighted by atomic mass is 9.99. The number of hydrogen-bond acceptors (Lipinski definition) is 5. The number of piperidine rings is 1. The Hall–Kier alpha value is -2.63. The van der Waals surface area contributed by atoms with E-state index in [0.717, 1.165) is 37.7 Å². The summed E-state index contributed by atoms with van der Waals surface area (Å²) in [7, 11) is 0. The number of nitrogens with zero attached hydrogens (tertiary/aromatic N) is 3. The van der Waals surface area contributed by atoms with Crippen molar-refractivity contribution in [2.45, 2.75) is 40.0 Å². The molecule has 2 N–H and O–H groups in total. The zero-order valence-electron chi connectivity index (χ0n) is 16.5. The van der Waals surface area contributed by atoms with E-state index in [1.54, 1.807) is 13.0 Å². The molecular weight excluding hydrogens is 338 g/mol. The minimum absolute atomic E-state index is 0.223. The van der Waals surface area contributed by atoms with Crippen molar-refractivity contribution >= 4 is 23.1 Å². The lowest BCUT2D eigenvalue weighted by Crippen LogP contribution is -2.32. The van der Waals surface area contributed by atoms with Gasteiger partial charge in [0.25, 0.3) is 5.91 Å². The van der Waals surface area contributed by atoms with E-state index in [-0.39, 0.29) is 5.91 Å². The first-order chi connectivity index (χ1) is 13.0. The highest BCUT2D eigenvalue weighted by molar-refractivity contribution is 6.03. The number of amides is 1. The van der Waals surface area contributed by atoms with E-state index in [2.05, 4.69) is 51.5 Å². The van der Waals surface area contributed by atoms with Crippen molar-refractivity contribution in [1.82, 2.24) is 9.97 Å². The number of carbonyl (C=O) groups excluding carboxylic acids is 1. The number of rotatable bonds is 6. The third kappa shape index (κ3) is 5.18. The van der Waals surface area contributed by atoms with Crippen LogP contribution in [0.15, 0.2) is 30.3 Å². The predicted octanol–water partition coefficient (Wildman–Crippen LogP) is 4.10. The fourth-order valence-electron chi connectivity index (χ4n) is 3.25. The summed E-state index contributed by atoms with van der Waals surface area (Å²) in [6.07, 6.45) is 3.47. The van der Waals surface area contributed by atoms with Gasteiger partial charge >= 0.3 is 0 Å². The second-order valence-corrected chi connectivity index (χ2v) is 7.28. The topological polar surface area (TPSA) is 70.2 Å². The summed E-state index contributed by atoms with van der Waals surface area (Å²) in [6.45, 7) is 9.20. The summed E-state index contributed by atoms with van der Waals surface area (Å²) >= 11 is 0. The first-order valence-corrected chi connectivity index (χ1v) is 9.81. The number of aryl methyl sites for hydroxylation is 1. The molecule has 144 valence electrons. The SMILES string of the molecule is CCCNc1cc(C(=O)Nc2ccc(N3CCC(C)CC3)cc2)nc(C)n1. The molecule has 0 aliphatic carbocycles. The van der Waals surface area contributed by atoms with E-state index in [4.69, 9.17) is 0 Å². The molecule has 0 radical (unpaired) electrons. The van der Waals surface area contributed by atoms with Gasteiger partial charge in [-0.3, -0.25) is 4.79 Å². The van der Waals surface area contributed by atoms with E-state index in [9.17, 15) is 4.79 Å². The number of carbonyl (C=O) groups is 1. The molecule has 27 heavy (non-hydrogen) atoms. The monoisotopic (exact) mass is 367 g/mol. The third-order valence-electron chi connectivity index (χ3n) is 4.90. The molecule has 0 bridgehead atoms. The molecule has 0 saturated carbocycles. The Kier molecular flexibility index (Phi) is 6.27. The summed E-state index contributed by atoms with van der Waals surface area (Å²) in [4.78, 5) is 23.6. The average molecular weight is 367 g/mol. The standard InChI is InChI=1S/C21H29N5O/c1-4-11-22-20-14-19(23-16(3)24-20)21(27)25-17-5-7-18(8-6-17)26-12-9-15(2)10-13-26/h5-8,14-15H,4,9-13H2,1-3H3,(H,25,27)(H,22,23,24). The van der Waals surface area contributed by atoms with Crippen LogP contribution in [0.5, 0.6) is 0 Å². The van der Waals surface area contributed by atoms with Crippen LogP contribution >= 0.6 is 0 Å². The number of nitrogens with one attached hydrogen (secondary N) is 2.